The standard InChI is InChI=1S/C10H21NO/c1-3-5-7-11(9-10-12)8-6-4-2/h12H,1-10H2. The molecular weight excluding hydrogens is 150 g/mol. The second kappa shape index (κ2) is 9.01. The Balaban J connectivity index is 3.40. The lowest BCUT2D eigenvalue weighted by Crippen LogP contribution is -2.28. The van der Waals surface area contributed by atoms with E-state index < -0.39 is 0 Å². The van der Waals surface area contributed by atoms with Crippen LogP contribution in [-0.2, 0) is 0 Å². The molecule has 2 radical (unpaired) electrons. The van der Waals surface area contributed by atoms with Crippen LogP contribution in [0.3, 0.4) is 0 Å². The number of aliphatic hydroxyl groups excluding tert-OH is 1. The van der Waals surface area contributed by atoms with E-state index in [2.05, 4.69) is 18.7 Å². The molecule has 0 unspecified atom stereocenters. The summed E-state index contributed by atoms with van der Waals surface area (Å²) in [5.74, 6) is 0. The summed E-state index contributed by atoms with van der Waals surface area (Å²) >= 11 is 0. The third-order valence-electron chi connectivity index (χ3n) is 1.86. The highest BCUT2D eigenvalue weighted by atomic mass is 16.3. The van der Waals surface area contributed by atoms with Crippen LogP contribution < -0.4 is 0 Å². The van der Waals surface area contributed by atoms with Crippen LogP contribution in [0.25, 0.3) is 0 Å². The summed E-state index contributed by atoms with van der Waals surface area (Å²) in [7, 11) is 0. The third-order valence-corrected chi connectivity index (χ3v) is 1.86. The van der Waals surface area contributed by atoms with E-state index in [1.165, 1.54) is 0 Å². The molecule has 12 heavy (non-hydrogen) atoms. The van der Waals surface area contributed by atoms with Crippen molar-refractivity contribution in [1.82, 2.24) is 4.90 Å². The first kappa shape index (κ1) is 11.9. The van der Waals surface area contributed by atoms with Crippen LogP contribution in [0.4, 0.5) is 0 Å². The summed E-state index contributed by atoms with van der Waals surface area (Å²) in [6.45, 7) is 10.8. The van der Waals surface area contributed by atoms with Gasteiger partial charge in [0.15, 0.2) is 0 Å². The van der Waals surface area contributed by atoms with Gasteiger partial charge >= 0.3 is 0 Å². The molecule has 0 aliphatic rings. The van der Waals surface area contributed by atoms with Gasteiger partial charge in [0.2, 0.25) is 0 Å². The summed E-state index contributed by atoms with van der Waals surface area (Å²) < 4.78 is 0. The fraction of sp³-hybridized carbons (Fsp3) is 0.800. The fourth-order valence-corrected chi connectivity index (χ4v) is 1.15. The van der Waals surface area contributed by atoms with Crippen LogP contribution in [0.2, 0.25) is 0 Å². The van der Waals surface area contributed by atoms with E-state index in [0.29, 0.717) is 0 Å². The van der Waals surface area contributed by atoms with Gasteiger partial charge in [-0.2, -0.15) is 0 Å². The Kier molecular flexibility index (Phi) is 8.95. The van der Waals surface area contributed by atoms with Gasteiger partial charge in [0.05, 0.1) is 6.61 Å². The SMILES string of the molecule is [CH2]CCCN(CCO)CCC[CH2]. The maximum atomic E-state index is 8.76. The number of aliphatic hydroxyl groups is 1. The van der Waals surface area contributed by atoms with Crippen LogP contribution >= 0.6 is 0 Å². The summed E-state index contributed by atoms with van der Waals surface area (Å²) in [6, 6.07) is 0. The van der Waals surface area contributed by atoms with Crippen LogP contribution in [0.1, 0.15) is 25.7 Å². The lowest BCUT2D eigenvalue weighted by molar-refractivity contribution is 0.193. The van der Waals surface area contributed by atoms with Crippen molar-refractivity contribution >= 4 is 0 Å². The molecule has 0 aromatic rings. The Morgan fingerprint density at radius 3 is 1.75 bits per heavy atom. The fourth-order valence-electron chi connectivity index (χ4n) is 1.15. The summed E-state index contributed by atoms with van der Waals surface area (Å²) in [5, 5.41) is 8.76. The predicted octanol–water partition coefficient (Wildman–Crippen LogP) is 1.51. The number of rotatable bonds is 8. The van der Waals surface area contributed by atoms with E-state index in [4.69, 9.17) is 5.11 Å². The zero-order chi connectivity index (χ0) is 9.23. The van der Waals surface area contributed by atoms with Crippen molar-refractivity contribution in [1.29, 1.82) is 0 Å². The number of unbranched alkanes of at least 4 members (excludes halogenated alkanes) is 2. The van der Waals surface area contributed by atoms with Gasteiger partial charge in [-0.15, -0.1) is 0 Å². The molecule has 2 nitrogen and oxygen atoms in total. The first-order valence-corrected chi connectivity index (χ1v) is 4.76. The van der Waals surface area contributed by atoms with Gasteiger partial charge in [0.25, 0.3) is 0 Å². The highest BCUT2D eigenvalue weighted by molar-refractivity contribution is 4.58. The minimum atomic E-state index is 0.258. The Hall–Kier alpha value is -0.0800. The molecule has 0 amide bonds. The molecule has 2 heteroatoms. The third kappa shape index (κ3) is 6.62. The average Bonchev–Trinajstić information content (AvgIpc) is 2.10. The van der Waals surface area contributed by atoms with Gasteiger partial charge in [-0.1, -0.05) is 26.7 Å². The maximum Gasteiger partial charge on any atom is 0.0558 e. The van der Waals surface area contributed by atoms with E-state index in [9.17, 15) is 0 Å². The molecule has 0 spiro atoms. The lowest BCUT2D eigenvalue weighted by Gasteiger charge is -2.20. The van der Waals surface area contributed by atoms with Gasteiger partial charge in [0.1, 0.15) is 0 Å². The second-order valence-corrected chi connectivity index (χ2v) is 2.98. The van der Waals surface area contributed by atoms with Crippen molar-refractivity contribution in [2.45, 2.75) is 25.7 Å². The van der Waals surface area contributed by atoms with Crippen LogP contribution in [0.15, 0.2) is 0 Å². The highest BCUT2D eigenvalue weighted by Gasteiger charge is 2.01. The molecule has 0 bridgehead atoms. The van der Waals surface area contributed by atoms with Crippen molar-refractivity contribution in [2.75, 3.05) is 26.2 Å². The topological polar surface area (TPSA) is 23.5 Å². The molecule has 0 atom stereocenters. The van der Waals surface area contributed by atoms with Gasteiger partial charge in [-0.05, 0) is 25.9 Å². The molecule has 0 rings (SSSR count). The lowest BCUT2D eigenvalue weighted by atomic mass is 10.2. The van der Waals surface area contributed by atoms with E-state index in [-0.39, 0.29) is 6.61 Å². The second-order valence-electron chi connectivity index (χ2n) is 2.98. The van der Waals surface area contributed by atoms with Crippen molar-refractivity contribution in [3.63, 3.8) is 0 Å². The minimum absolute atomic E-state index is 0.258. The largest absolute Gasteiger partial charge is 0.395 e. The molecule has 0 saturated carbocycles. The predicted molar refractivity (Wildman–Crippen MR) is 52.7 cm³/mol. The van der Waals surface area contributed by atoms with E-state index in [1.54, 1.807) is 0 Å². The van der Waals surface area contributed by atoms with E-state index >= 15 is 0 Å². The Morgan fingerprint density at radius 2 is 1.42 bits per heavy atom. The molecule has 0 heterocycles. The molecular formula is C10H21NO. The maximum absolute atomic E-state index is 8.76. The van der Waals surface area contributed by atoms with Crippen LogP contribution in [0, 0.1) is 13.8 Å². The van der Waals surface area contributed by atoms with E-state index in [1.807, 2.05) is 0 Å². The molecule has 0 aliphatic carbocycles. The smallest absolute Gasteiger partial charge is 0.0558 e. The number of hydrogen-bond donors (Lipinski definition) is 1. The first-order chi connectivity index (χ1) is 5.85. The van der Waals surface area contributed by atoms with Crippen molar-refractivity contribution < 1.29 is 5.11 Å². The average molecular weight is 171 g/mol. The zero-order valence-corrected chi connectivity index (χ0v) is 7.97. The minimum Gasteiger partial charge on any atom is -0.395 e. The quantitative estimate of drug-likeness (QED) is 0.598. The molecule has 0 aromatic heterocycles. The highest BCUT2D eigenvalue weighted by Crippen LogP contribution is 1.97. The summed E-state index contributed by atoms with van der Waals surface area (Å²) in [5.41, 5.74) is 0. The number of hydrogen-bond acceptors (Lipinski definition) is 2. The zero-order valence-electron chi connectivity index (χ0n) is 7.97. The monoisotopic (exact) mass is 171 g/mol. The molecule has 0 aliphatic heterocycles. The van der Waals surface area contributed by atoms with Crippen LogP contribution in [0.5, 0.6) is 0 Å². The normalized spacial score (nSPS) is 11.0. The Labute approximate surface area is 76.6 Å². The van der Waals surface area contributed by atoms with Gasteiger partial charge in [-0.3, -0.25) is 0 Å². The summed E-state index contributed by atoms with van der Waals surface area (Å²) in [4.78, 5) is 2.27. The molecule has 0 fully saturated rings. The van der Waals surface area contributed by atoms with Crippen molar-refractivity contribution in [2.24, 2.45) is 0 Å². The molecule has 72 valence electrons. The van der Waals surface area contributed by atoms with Gasteiger partial charge in [0, 0.05) is 6.54 Å². The van der Waals surface area contributed by atoms with Crippen LogP contribution in [-0.4, -0.2) is 36.2 Å². The molecule has 0 aromatic carbocycles. The Morgan fingerprint density at radius 1 is 0.917 bits per heavy atom. The molecule has 0 saturated heterocycles. The summed E-state index contributed by atoms with van der Waals surface area (Å²) in [6.07, 6.45) is 4.20. The van der Waals surface area contributed by atoms with Gasteiger partial charge < -0.3 is 10.0 Å². The molecule has 1 N–H and O–H groups in total. The van der Waals surface area contributed by atoms with Crippen molar-refractivity contribution in [3.05, 3.63) is 13.8 Å². The van der Waals surface area contributed by atoms with Crippen molar-refractivity contribution in [3.8, 4) is 0 Å². The number of nitrogens with zero attached hydrogens (tertiary/aromatic N) is 1. The first-order valence-electron chi connectivity index (χ1n) is 4.76. The Bertz CT molecular complexity index is 77.9. The van der Waals surface area contributed by atoms with Gasteiger partial charge in [-0.25, -0.2) is 0 Å². The van der Waals surface area contributed by atoms with E-state index in [0.717, 1.165) is 45.3 Å².